The summed E-state index contributed by atoms with van der Waals surface area (Å²) in [5, 5.41) is 1.04. The molecule has 21 heavy (non-hydrogen) atoms. The molecule has 1 aromatic carbocycles. The second kappa shape index (κ2) is 5.42. The van der Waals surface area contributed by atoms with Crippen LogP contribution in [0.2, 0.25) is 0 Å². The highest BCUT2D eigenvalue weighted by Crippen LogP contribution is 2.33. The minimum atomic E-state index is -3.11. The lowest BCUT2D eigenvalue weighted by Crippen LogP contribution is -2.30. The zero-order valence-electron chi connectivity index (χ0n) is 12.0. The van der Waals surface area contributed by atoms with Gasteiger partial charge in [0.1, 0.15) is 5.82 Å². The van der Waals surface area contributed by atoms with Gasteiger partial charge in [0.25, 0.3) is 0 Å². The number of rotatable bonds is 2. The first-order valence-corrected chi connectivity index (χ1v) is 9.01. The summed E-state index contributed by atoms with van der Waals surface area (Å²) in [7, 11) is -3.11. The number of nitrogens with one attached hydrogen (secondary N) is 1. The van der Waals surface area contributed by atoms with Crippen molar-refractivity contribution in [1.29, 1.82) is 0 Å². The molecule has 4 nitrogen and oxygen atoms in total. The topological polar surface area (TPSA) is 53.2 Å². The summed E-state index contributed by atoms with van der Waals surface area (Å²) >= 11 is 0. The van der Waals surface area contributed by atoms with E-state index in [1.54, 1.807) is 10.4 Å². The van der Waals surface area contributed by atoms with E-state index in [2.05, 4.69) is 4.98 Å². The van der Waals surface area contributed by atoms with Crippen molar-refractivity contribution >= 4 is 20.9 Å². The monoisotopic (exact) mass is 310 g/mol. The van der Waals surface area contributed by atoms with Crippen LogP contribution in [0.5, 0.6) is 0 Å². The summed E-state index contributed by atoms with van der Waals surface area (Å²) in [6, 6.07) is 4.77. The van der Waals surface area contributed by atoms with Crippen molar-refractivity contribution in [2.45, 2.75) is 25.2 Å². The third-order valence-corrected chi connectivity index (χ3v) is 5.57. The molecule has 1 unspecified atom stereocenters. The molecule has 114 valence electrons. The van der Waals surface area contributed by atoms with E-state index in [1.165, 1.54) is 24.0 Å². The first-order chi connectivity index (χ1) is 9.95. The number of sulfonamides is 1. The number of halogens is 1. The Morgan fingerprint density at radius 2 is 2.10 bits per heavy atom. The quantitative estimate of drug-likeness (QED) is 0.927. The molecule has 0 amide bonds. The van der Waals surface area contributed by atoms with Gasteiger partial charge >= 0.3 is 0 Å². The van der Waals surface area contributed by atoms with Crippen LogP contribution >= 0.6 is 0 Å². The van der Waals surface area contributed by atoms with Crippen LogP contribution in [-0.4, -0.2) is 37.1 Å². The van der Waals surface area contributed by atoms with Crippen LogP contribution in [-0.2, 0) is 10.0 Å². The highest BCUT2D eigenvalue weighted by Gasteiger charge is 2.24. The van der Waals surface area contributed by atoms with E-state index < -0.39 is 10.0 Å². The van der Waals surface area contributed by atoms with Crippen molar-refractivity contribution < 1.29 is 12.8 Å². The highest BCUT2D eigenvalue weighted by molar-refractivity contribution is 7.88. The van der Waals surface area contributed by atoms with Gasteiger partial charge in [-0.2, -0.15) is 0 Å². The van der Waals surface area contributed by atoms with Gasteiger partial charge in [-0.25, -0.2) is 17.1 Å². The van der Waals surface area contributed by atoms with Gasteiger partial charge in [0.2, 0.25) is 10.0 Å². The normalized spacial score (nSPS) is 21.5. The molecule has 1 aromatic heterocycles. The average molecular weight is 310 g/mol. The lowest BCUT2D eigenvalue weighted by Gasteiger charge is -2.17. The van der Waals surface area contributed by atoms with Gasteiger partial charge in [-0.3, -0.25) is 0 Å². The molecule has 0 radical (unpaired) electrons. The van der Waals surface area contributed by atoms with Crippen molar-refractivity contribution in [1.82, 2.24) is 9.29 Å². The second-order valence-electron chi connectivity index (χ2n) is 5.72. The number of nitrogens with zero attached hydrogens (tertiary/aromatic N) is 1. The molecule has 0 bridgehead atoms. The maximum absolute atomic E-state index is 13.2. The molecule has 1 atom stereocenters. The molecule has 2 heterocycles. The molecule has 0 aliphatic carbocycles. The number of aromatic amines is 1. The summed E-state index contributed by atoms with van der Waals surface area (Å²) in [6.07, 6.45) is 5.81. The third-order valence-electron chi connectivity index (χ3n) is 4.27. The maximum atomic E-state index is 13.2. The number of fused-ring (bicyclic) bond motifs is 1. The second-order valence-corrected chi connectivity index (χ2v) is 7.71. The smallest absolute Gasteiger partial charge is 0.211 e. The van der Waals surface area contributed by atoms with E-state index in [1.807, 2.05) is 6.20 Å². The molecular weight excluding hydrogens is 291 g/mol. The number of benzene rings is 1. The highest BCUT2D eigenvalue weighted by atomic mass is 32.2. The average Bonchev–Trinajstić information content (AvgIpc) is 2.66. The van der Waals surface area contributed by atoms with E-state index in [0.717, 1.165) is 30.2 Å². The van der Waals surface area contributed by atoms with Crippen molar-refractivity contribution in [3.8, 4) is 0 Å². The van der Waals surface area contributed by atoms with Crippen molar-refractivity contribution in [3.05, 3.63) is 35.8 Å². The number of aromatic nitrogens is 1. The fourth-order valence-corrected chi connectivity index (χ4v) is 4.07. The Labute approximate surface area is 124 Å². The Bertz CT molecular complexity index is 754. The predicted molar refractivity (Wildman–Crippen MR) is 81.3 cm³/mol. The lowest BCUT2D eigenvalue weighted by molar-refractivity contribution is 0.426. The fourth-order valence-electron chi connectivity index (χ4n) is 3.17. The molecule has 6 heteroatoms. The number of H-pyrrole nitrogens is 1. The predicted octanol–water partition coefficient (Wildman–Crippen LogP) is 2.84. The van der Waals surface area contributed by atoms with Crippen LogP contribution in [0.3, 0.4) is 0 Å². The summed E-state index contributed by atoms with van der Waals surface area (Å²) in [5.74, 6) is 0.0657. The van der Waals surface area contributed by atoms with Gasteiger partial charge in [0.05, 0.1) is 6.26 Å². The molecule has 1 aliphatic rings. The standard InChI is InChI=1S/C15H19FN2O2S/c1-21(19,20)18-7-2-3-11(6-8-18)14-10-17-15-9-12(16)4-5-13(14)15/h4-5,9-11,17H,2-3,6-8H2,1H3. The maximum Gasteiger partial charge on any atom is 0.211 e. The van der Waals surface area contributed by atoms with Gasteiger partial charge < -0.3 is 4.98 Å². The van der Waals surface area contributed by atoms with E-state index in [-0.39, 0.29) is 5.82 Å². The minimum absolute atomic E-state index is 0.250. The molecule has 3 rings (SSSR count). The van der Waals surface area contributed by atoms with Crippen LogP contribution in [0, 0.1) is 5.82 Å². The van der Waals surface area contributed by atoms with Gasteiger partial charge in [-0.1, -0.05) is 0 Å². The Kier molecular flexibility index (Phi) is 3.75. The van der Waals surface area contributed by atoms with E-state index in [0.29, 0.717) is 19.0 Å². The van der Waals surface area contributed by atoms with E-state index in [9.17, 15) is 12.8 Å². The van der Waals surface area contributed by atoms with Crippen molar-refractivity contribution in [3.63, 3.8) is 0 Å². The SMILES string of the molecule is CS(=O)(=O)N1CCCC(c2c[nH]c3cc(F)ccc23)CC1. The van der Waals surface area contributed by atoms with E-state index >= 15 is 0 Å². The van der Waals surface area contributed by atoms with Crippen LogP contribution in [0.1, 0.15) is 30.7 Å². The summed E-state index contributed by atoms with van der Waals surface area (Å²) < 4.78 is 38.1. The minimum Gasteiger partial charge on any atom is -0.361 e. The summed E-state index contributed by atoms with van der Waals surface area (Å²) in [6.45, 7) is 1.14. The lowest BCUT2D eigenvalue weighted by atomic mass is 9.92. The molecule has 1 N–H and O–H groups in total. The molecule has 1 fully saturated rings. The van der Waals surface area contributed by atoms with Gasteiger partial charge in [0.15, 0.2) is 0 Å². The summed E-state index contributed by atoms with van der Waals surface area (Å²) in [5.41, 5.74) is 1.97. The molecule has 1 saturated heterocycles. The van der Waals surface area contributed by atoms with Crippen LogP contribution in [0.15, 0.2) is 24.4 Å². The van der Waals surface area contributed by atoms with Crippen LogP contribution < -0.4 is 0 Å². The van der Waals surface area contributed by atoms with Crippen LogP contribution in [0.25, 0.3) is 10.9 Å². The molecule has 1 aliphatic heterocycles. The van der Waals surface area contributed by atoms with Gasteiger partial charge in [-0.15, -0.1) is 0 Å². The van der Waals surface area contributed by atoms with Gasteiger partial charge in [0, 0.05) is 30.2 Å². The van der Waals surface area contributed by atoms with Gasteiger partial charge in [-0.05, 0) is 48.9 Å². The molecular formula is C15H19FN2O2S. The van der Waals surface area contributed by atoms with Crippen LogP contribution in [0.4, 0.5) is 4.39 Å². The first kappa shape index (κ1) is 14.5. The zero-order valence-corrected chi connectivity index (χ0v) is 12.8. The fraction of sp³-hybridized carbons (Fsp3) is 0.467. The van der Waals surface area contributed by atoms with E-state index in [4.69, 9.17) is 0 Å². The zero-order chi connectivity index (χ0) is 15.0. The number of hydrogen-bond acceptors (Lipinski definition) is 2. The Balaban J connectivity index is 1.86. The van der Waals surface area contributed by atoms with Crippen molar-refractivity contribution in [2.24, 2.45) is 0 Å². The summed E-state index contributed by atoms with van der Waals surface area (Å²) in [4.78, 5) is 3.12. The Morgan fingerprint density at radius 3 is 2.86 bits per heavy atom. The molecule has 0 spiro atoms. The number of hydrogen-bond donors (Lipinski definition) is 1. The Hall–Kier alpha value is -1.40. The molecule has 0 saturated carbocycles. The third kappa shape index (κ3) is 2.96. The largest absolute Gasteiger partial charge is 0.361 e. The van der Waals surface area contributed by atoms with Crippen molar-refractivity contribution in [2.75, 3.05) is 19.3 Å². The molecule has 2 aromatic rings. The Morgan fingerprint density at radius 1 is 1.29 bits per heavy atom. The first-order valence-electron chi connectivity index (χ1n) is 7.17.